The number of carbonyl (C=O) groups excluding carboxylic acids is 1. The highest BCUT2D eigenvalue weighted by Gasteiger charge is 2.53. The molecule has 5 heteroatoms. The van der Waals surface area contributed by atoms with Crippen LogP contribution in [0, 0.1) is 5.41 Å². The summed E-state index contributed by atoms with van der Waals surface area (Å²) in [6, 6.07) is 0.361. The number of hydrogen-bond donors (Lipinski definition) is 2. The van der Waals surface area contributed by atoms with Crippen molar-refractivity contribution in [2.24, 2.45) is 0 Å². The van der Waals surface area contributed by atoms with Crippen LogP contribution in [0.3, 0.4) is 0 Å². The van der Waals surface area contributed by atoms with Crippen LogP contribution in [-0.4, -0.2) is 52.9 Å². The Morgan fingerprint density at radius 1 is 1.56 bits per heavy atom. The Balaban J connectivity index is 2.24. The first-order valence-electron chi connectivity index (χ1n) is 5.93. The Bertz CT molecular complexity index is 328. The van der Waals surface area contributed by atoms with Gasteiger partial charge in [0, 0.05) is 25.7 Å². The van der Waals surface area contributed by atoms with E-state index in [4.69, 9.17) is 5.41 Å². The average molecular weight is 224 g/mol. The maximum atomic E-state index is 11.7. The summed E-state index contributed by atoms with van der Waals surface area (Å²) in [6.45, 7) is 8.70. The number of amides is 2. The van der Waals surface area contributed by atoms with Crippen LogP contribution in [0.15, 0.2) is 0 Å². The molecule has 0 aromatic heterocycles. The minimum Gasteiger partial charge on any atom is -0.311 e. The van der Waals surface area contributed by atoms with E-state index in [-0.39, 0.29) is 11.6 Å². The summed E-state index contributed by atoms with van der Waals surface area (Å²) >= 11 is 0. The molecule has 0 bridgehead atoms. The third-order valence-electron chi connectivity index (χ3n) is 3.78. The topological polar surface area (TPSA) is 59.4 Å². The van der Waals surface area contributed by atoms with E-state index in [1.165, 1.54) is 0 Å². The van der Waals surface area contributed by atoms with E-state index in [1.54, 1.807) is 4.90 Å². The minimum atomic E-state index is -0.379. The molecule has 0 aromatic carbocycles. The van der Waals surface area contributed by atoms with Gasteiger partial charge in [0.25, 0.3) is 0 Å². The van der Waals surface area contributed by atoms with Crippen LogP contribution in [0.4, 0.5) is 4.79 Å². The lowest BCUT2D eigenvalue weighted by molar-refractivity contribution is 0.171. The molecule has 0 aromatic rings. The number of amidine groups is 1. The number of nitrogens with zero attached hydrogens (tertiary/aromatic N) is 2. The molecule has 1 unspecified atom stereocenters. The van der Waals surface area contributed by atoms with Gasteiger partial charge in [0.2, 0.25) is 0 Å². The Labute approximate surface area is 96.3 Å². The number of urea groups is 1. The van der Waals surface area contributed by atoms with Crippen molar-refractivity contribution in [1.29, 1.82) is 5.41 Å². The number of nitrogens with one attached hydrogen (secondary N) is 2. The predicted octanol–water partition coefficient (Wildman–Crippen LogP) is 0.862. The van der Waals surface area contributed by atoms with E-state index in [1.807, 2.05) is 6.92 Å². The molecule has 2 heterocycles. The van der Waals surface area contributed by atoms with Gasteiger partial charge in [0.1, 0.15) is 11.4 Å². The average Bonchev–Trinajstić information content (AvgIpc) is 2.73. The first kappa shape index (κ1) is 11.4. The molecular formula is C11H20N4O. The number of hydrogen-bond acceptors (Lipinski definition) is 3. The molecule has 1 spiro atoms. The Hall–Kier alpha value is -1.10. The van der Waals surface area contributed by atoms with Crippen LogP contribution in [-0.2, 0) is 0 Å². The van der Waals surface area contributed by atoms with E-state index in [0.717, 1.165) is 19.5 Å². The second kappa shape index (κ2) is 3.73. The smallest absolute Gasteiger partial charge is 0.311 e. The molecule has 1 atom stereocenters. The zero-order chi connectivity index (χ0) is 11.9. The van der Waals surface area contributed by atoms with Crippen molar-refractivity contribution in [3.05, 3.63) is 0 Å². The largest absolute Gasteiger partial charge is 0.323 e. The molecule has 0 radical (unpaired) electrons. The van der Waals surface area contributed by atoms with E-state index in [2.05, 4.69) is 24.1 Å². The van der Waals surface area contributed by atoms with Gasteiger partial charge in [-0.05, 0) is 27.2 Å². The molecule has 2 saturated heterocycles. The van der Waals surface area contributed by atoms with Crippen LogP contribution in [0.1, 0.15) is 27.2 Å². The van der Waals surface area contributed by atoms with Crippen molar-refractivity contribution in [3.8, 4) is 0 Å². The normalized spacial score (nSPS) is 30.9. The van der Waals surface area contributed by atoms with Crippen molar-refractivity contribution in [3.63, 3.8) is 0 Å². The third kappa shape index (κ3) is 1.42. The number of carbonyl (C=O) groups is 1. The molecule has 2 amide bonds. The number of rotatable bonds is 2. The molecule has 5 nitrogen and oxygen atoms in total. The Morgan fingerprint density at radius 3 is 2.75 bits per heavy atom. The predicted molar refractivity (Wildman–Crippen MR) is 62.7 cm³/mol. The zero-order valence-corrected chi connectivity index (χ0v) is 10.2. The summed E-state index contributed by atoms with van der Waals surface area (Å²) in [5.41, 5.74) is -0.379. The summed E-state index contributed by atoms with van der Waals surface area (Å²) in [5.74, 6) is 0.377. The van der Waals surface area contributed by atoms with Crippen LogP contribution in [0.2, 0.25) is 0 Å². The molecule has 0 saturated carbocycles. The van der Waals surface area contributed by atoms with E-state index < -0.39 is 0 Å². The number of likely N-dealkylation sites (tertiary alicyclic amines) is 1. The second-order valence-electron chi connectivity index (χ2n) is 4.90. The summed E-state index contributed by atoms with van der Waals surface area (Å²) in [5, 5.41) is 10.6. The summed E-state index contributed by atoms with van der Waals surface area (Å²) in [6.07, 6.45) is 0.872. The van der Waals surface area contributed by atoms with Gasteiger partial charge >= 0.3 is 6.03 Å². The first-order valence-corrected chi connectivity index (χ1v) is 5.93. The van der Waals surface area contributed by atoms with E-state index in [9.17, 15) is 4.79 Å². The Kier molecular flexibility index (Phi) is 2.66. The Morgan fingerprint density at radius 2 is 2.25 bits per heavy atom. The van der Waals surface area contributed by atoms with Gasteiger partial charge in [-0.2, -0.15) is 0 Å². The van der Waals surface area contributed by atoms with Crippen molar-refractivity contribution in [2.75, 3.05) is 19.6 Å². The molecule has 2 aliphatic heterocycles. The minimum absolute atomic E-state index is 0.113. The second-order valence-corrected chi connectivity index (χ2v) is 4.90. The lowest BCUT2D eigenvalue weighted by Gasteiger charge is -2.32. The van der Waals surface area contributed by atoms with Crippen LogP contribution >= 0.6 is 0 Å². The molecule has 0 aliphatic carbocycles. The van der Waals surface area contributed by atoms with E-state index in [0.29, 0.717) is 18.4 Å². The van der Waals surface area contributed by atoms with Crippen LogP contribution in [0.25, 0.3) is 0 Å². The zero-order valence-electron chi connectivity index (χ0n) is 10.2. The fourth-order valence-corrected chi connectivity index (χ4v) is 2.75. The lowest BCUT2D eigenvalue weighted by atomic mass is 9.96. The van der Waals surface area contributed by atoms with E-state index >= 15 is 0 Å². The van der Waals surface area contributed by atoms with Gasteiger partial charge in [-0.1, -0.05) is 0 Å². The van der Waals surface area contributed by atoms with Crippen molar-refractivity contribution in [2.45, 2.75) is 38.8 Å². The van der Waals surface area contributed by atoms with Gasteiger partial charge in [-0.3, -0.25) is 15.6 Å². The van der Waals surface area contributed by atoms with Crippen LogP contribution < -0.4 is 5.32 Å². The van der Waals surface area contributed by atoms with Gasteiger partial charge < -0.3 is 4.90 Å². The summed E-state index contributed by atoms with van der Waals surface area (Å²) < 4.78 is 0. The highest BCUT2D eigenvalue weighted by atomic mass is 16.2. The summed E-state index contributed by atoms with van der Waals surface area (Å²) in [7, 11) is 0. The molecule has 2 fully saturated rings. The van der Waals surface area contributed by atoms with Gasteiger partial charge in [0.05, 0.1) is 0 Å². The van der Waals surface area contributed by atoms with Crippen molar-refractivity contribution < 1.29 is 4.79 Å². The SMILES string of the molecule is CCN1C(=O)NC(=N)C12CCN(C(C)C)C2. The molecule has 2 aliphatic rings. The van der Waals surface area contributed by atoms with Gasteiger partial charge in [-0.15, -0.1) is 0 Å². The first-order chi connectivity index (χ1) is 7.51. The molecular weight excluding hydrogens is 204 g/mol. The molecule has 90 valence electrons. The maximum Gasteiger partial charge on any atom is 0.323 e. The van der Waals surface area contributed by atoms with Crippen molar-refractivity contribution >= 4 is 11.9 Å². The molecule has 16 heavy (non-hydrogen) atoms. The molecule has 2 N–H and O–H groups in total. The standard InChI is InChI=1S/C11H20N4O/c1-4-15-10(16)13-9(12)11(15)5-6-14(7-11)8(2)3/h8H,4-7H2,1-3H3,(H2,12,13,16). The maximum absolute atomic E-state index is 11.7. The fourth-order valence-electron chi connectivity index (χ4n) is 2.75. The van der Waals surface area contributed by atoms with Gasteiger partial charge in [0.15, 0.2) is 0 Å². The fraction of sp³-hybridized carbons (Fsp3) is 0.818. The highest BCUT2D eigenvalue weighted by molar-refractivity contribution is 6.08. The van der Waals surface area contributed by atoms with Gasteiger partial charge in [-0.25, -0.2) is 4.79 Å². The quantitative estimate of drug-likeness (QED) is 0.731. The highest BCUT2D eigenvalue weighted by Crippen LogP contribution is 2.33. The summed E-state index contributed by atoms with van der Waals surface area (Å²) in [4.78, 5) is 15.8. The number of likely N-dealkylation sites (N-methyl/N-ethyl adjacent to an activating group) is 1. The molecule has 2 rings (SSSR count). The lowest BCUT2D eigenvalue weighted by Crippen LogP contribution is -2.51. The monoisotopic (exact) mass is 224 g/mol. The van der Waals surface area contributed by atoms with Crippen molar-refractivity contribution in [1.82, 2.24) is 15.1 Å². The van der Waals surface area contributed by atoms with Crippen LogP contribution in [0.5, 0.6) is 0 Å². The third-order valence-corrected chi connectivity index (χ3v) is 3.78.